The number of likely N-dealkylation sites (tertiary alicyclic amines) is 1. The second kappa shape index (κ2) is 8.18. The molecule has 0 radical (unpaired) electrons. The SMILES string of the molecule is Cl.NC1CCN(Cc2ccc(OCc3ccccc3)cc2)C1. The maximum Gasteiger partial charge on any atom is 0.119 e. The Labute approximate surface area is 138 Å². The molecule has 0 aliphatic carbocycles. The molecule has 1 aliphatic heterocycles. The molecule has 0 bridgehead atoms. The van der Waals surface area contributed by atoms with Crippen LogP contribution >= 0.6 is 12.4 Å². The highest BCUT2D eigenvalue weighted by atomic mass is 35.5. The molecule has 0 aromatic heterocycles. The number of hydrogen-bond donors (Lipinski definition) is 1. The van der Waals surface area contributed by atoms with E-state index in [0.29, 0.717) is 12.6 Å². The smallest absolute Gasteiger partial charge is 0.119 e. The summed E-state index contributed by atoms with van der Waals surface area (Å²) in [5.41, 5.74) is 8.44. The second-order valence-corrected chi connectivity index (χ2v) is 5.70. The predicted molar refractivity (Wildman–Crippen MR) is 92.3 cm³/mol. The summed E-state index contributed by atoms with van der Waals surface area (Å²) in [5.74, 6) is 0.917. The van der Waals surface area contributed by atoms with E-state index < -0.39 is 0 Å². The van der Waals surface area contributed by atoms with Crippen LogP contribution in [0.1, 0.15) is 17.5 Å². The molecule has 2 aromatic carbocycles. The molecule has 1 aliphatic rings. The summed E-state index contributed by atoms with van der Waals surface area (Å²) in [5, 5.41) is 0. The molecule has 0 spiro atoms. The predicted octanol–water partition coefficient (Wildman–Crippen LogP) is 3.22. The van der Waals surface area contributed by atoms with Crippen LogP contribution in [0.5, 0.6) is 5.75 Å². The standard InChI is InChI=1S/C18H22N2O.ClH/c19-17-10-11-20(13-17)12-15-6-8-18(9-7-15)21-14-16-4-2-1-3-5-16;/h1-9,17H,10-14,19H2;1H. The number of ether oxygens (including phenoxy) is 1. The van der Waals surface area contributed by atoms with Gasteiger partial charge in [0.2, 0.25) is 0 Å². The maximum atomic E-state index is 5.94. The van der Waals surface area contributed by atoms with Gasteiger partial charge in [0.1, 0.15) is 12.4 Å². The lowest BCUT2D eigenvalue weighted by Crippen LogP contribution is -2.26. The van der Waals surface area contributed by atoms with E-state index in [1.54, 1.807) is 0 Å². The summed E-state index contributed by atoms with van der Waals surface area (Å²) in [4.78, 5) is 2.41. The van der Waals surface area contributed by atoms with Crippen LogP contribution in [-0.4, -0.2) is 24.0 Å². The molecule has 118 valence electrons. The van der Waals surface area contributed by atoms with Crippen LogP contribution < -0.4 is 10.5 Å². The van der Waals surface area contributed by atoms with Crippen molar-refractivity contribution in [3.05, 3.63) is 65.7 Å². The van der Waals surface area contributed by atoms with Gasteiger partial charge < -0.3 is 10.5 Å². The summed E-state index contributed by atoms with van der Waals surface area (Å²) in [6, 6.07) is 19.0. The van der Waals surface area contributed by atoms with Crippen molar-refractivity contribution in [3.8, 4) is 5.75 Å². The first-order valence-corrected chi connectivity index (χ1v) is 7.53. The van der Waals surface area contributed by atoms with E-state index in [-0.39, 0.29) is 12.4 Å². The fourth-order valence-electron chi connectivity index (χ4n) is 2.70. The van der Waals surface area contributed by atoms with Crippen LogP contribution in [0.15, 0.2) is 54.6 Å². The van der Waals surface area contributed by atoms with Crippen molar-refractivity contribution in [2.45, 2.75) is 25.6 Å². The van der Waals surface area contributed by atoms with Gasteiger partial charge in [-0.1, -0.05) is 42.5 Å². The highest BCUT2D eigenvalue weighted by Gasteiger charge is 2.18. The van der Waals surface area contributed by atoms with Crippen LogP contribution in [0.4, 0.5) is 0 Å². The van der Waals surface area contributed by atoms with Gasteiger partial charge in [-0.3, -0.25) is 4.90 Å². The van der Waals surface area contributed by atoms with Gasteiger partial charge in [-0.05, 0) is 29.7 Å². The van der Waals surface area contributed by atoms with Gasteiger partial charge >= 0.3 is 0 Å². The lowest BCUT2D eigenvalue weighted by Gasteiger charge is -2.15. The zero-order valence-corrected chi connectivity index (χ0v) is 13.5. The Bertz CT molecular complexity index is 559. The third-order valence-corrected chi connectivity index (χ3v) is 3.89. The van der Waals surface area contributed by atoms with Gasteiger partial charge in [0.05, 0.1) is 0 Å². The van der Waals surface area contributed by atoms with E-state index in [2.05, 4.69) is 29.2 Å². The molecule has 22 heavy (non-hydrogen) atoms. The molecule has 1 fully saturated rings. The molecule has 1 saturated heterocycles. The Morgan fingerprint density at radius 3 is 2.36 bits per heavy atom. The van der Waals surface area contributed by atoms with Gasteiger partial charge in [-0.25, -0.2) is 0 Å². The van der Waals surface area contributed by atoms with Crippen molar-refractivity contribution in [1.29, 1.82) is 0 Å². The fraction of sp³-hybridized carbons (Fsp3) is 0.333. The molecule has 0 amide bonds. The summed E-state index contributed by atoms with van der Waals surface area (Å²) in [6.45, 7) is 3.70. The van der Waals surface area contributed by atoms with Gasteiger partial charge in [-0.2, -0.15) is 0 Å². The molecular weight excluding hydrogens is 296 g/mol. The quantitative estimate of drug-likeness (QED) is 0.920. The summed E-state index contributed by atoms with van der Waals surface area (Å²) in [7, 11) is 0. The van der Waals surface area contributed by atoms with Crippen LogP contribution in [-0.2, 0) is 13.2 Å². The van der Waals surface area contributed by atoms with E-state index in [9.17, 15) is 0 Å². The average Bonchev–Trinajstić information content (AvgIpc) is 2.93. The van der Waals surface area contributed by atoms with Gasteiger partial charge in [-0.15, -0.1) is 12.4 Å². The highest BCUT2D eigenvalue weighted by molar-refractivity contribution is 5.85. The number of hydrogen-bond acceptors (Lipinski definition) is 3. The largest absolute Gasteiger partial charge is 0.489 e. The minimum Gasteiger partial charge on any atom is -0.489 e. The number of halogens is 1. The van der Waals surface area contributed by atoms with Crippen molar-refractivity contribution in [1.82, 2.24) is 4.90 Å². The number of rotatable bonds is 5. The number of nitrogens with two attached hydrogens (primary N) is 1. The van der Waals surface area contributed by atoms with Gasteiger partial charge in [0, 0.05) is 25.7 Å². The number of benzene rings is 2. The van der Waals surface area contributed by atoms with Crippen molar-refractivity contribution in [3.63, 3.8) is 0 Å². The average molecular weight is 319 g/mol. The Morgan fingerprint density at radius 1 is 1.00 bits per heavy atom. The van der Waals surface area contributed by atoms with E-state index >= 15 is 0 Å². The Hall–Kier alpha value is -1.55. The Kier molecular flexibility index (Phi) is 6.25. The molecule has 2 N–H and O–H groups in total. The van der Waals surface area contributed by atoms with Crippen LogP contribution in [0.3, 0.4) is 0 Å². The summed E-state index contributed by atoms with van der Waals surface area (Å²) in [6.07, 6.45) is 1.11. The third-order valence-electron chi connectivity index (χ3n) is 3.89. The number of nitrogens with zero attached hydrogens (tertiary/aromatic N) is 1. The molecule has 3 nitrogen and oxygen atoms in total. The fourth-order valence-corrected chi connectivity index (χ4v) is 2.70. The van der Waals surface area contributed by atoms with E-state index in [0.717, 1.165) is 31.8 Å². The molecular formula is C18H23ClN2O. The van der Waals surface area contributed by atoms with Crippen LogP contribution in [0.25, 0.3) is 0 Å². The first-order valence-electron chi connectivity index (χ1n) is 7.53. The first-order chi connectivity index (χ1) is 10.3. The molecule has 1 unspecified atom stereocenters. The zero-order valence-electron chi connectivity index (χ0n) is 12.7. The lowest BCUT2D eigenvalue weighted by atomic mass is 10.2. The van der Waals surface area contributed by atoms with E-state index in [4.69, 9.17) is 10.5 Å². The van der Waals surface area contributed by atoms with Gasteiger partial charge in [0.15, 0.2) is 0 Å². The second-order valence-electron chi connectivity index (χ2n) is 5.70. The van der Waals surface area contributed by atoms with Gasteiger partial charge in [0.25, 0.3) is 0 Å². The zero-order chi connectivity index (χ0) is 14.5. The van der Waals surface area contributed by atoms with Crippen LogP contribution in [0.2, 0.25) is 0 Å². The molecule has 4 heteroatoms. The first kappa shape index (κ1) is 16.8. The topological polar surface area (TPSA) is 38.5 Å². The van der Waals surface area contributed by atoms with Crippen molar-refractivity contribution in [2.24, 2.45) is 5.73 Å². The monoisotopic (exact) mass is 318 g/mol. The Balaban J connectivity index is 0.00000176. The van der Waals surface area contributed by atoms with E-state index in [1.807, 2.05) is 30.3 Å². The maximum absolute atomic E-state index is 5.94. The minimum atomic E-state index is 0. The summed E-state index contributed by atoms with van der Waals surface area (Å²) < 4.78 is 5.80. The minimum absolute atomic E-state index is 0. The van der Waals surface area contributed by atoms with Crippen molar-refractivity contribution in [2.75, 3.05) is 13.1 Å². The Morgan fingerprint density at radius 2 is 1.73 bits per heavy atom. The molecule has 1 heterocycles. The normalized spacial score (nSPS) is 18.0. The van der Waals surface area contributed by atoms with Crippen molar-refractivity contribution < 1.29 is 4.74 Å². The third kappa shape index (κ3) is 4.73. The highest BCUT2D eigenvalue weighted by Crippen LogP contribution is 2.17. The summed E-state index contributed by atoms with van der Waals surface area (Å²) >= 11 is 0. The van der Waals surface area contributed by atoms with Crippen molar-refractivity contribution >= 4 is 12.4 Å². The lowest BCUT2D eigenvalue weighted by molar-refractivity contribution is 0.305. The molecule has 1 atom stereocenters. The van der Waals surface area contributed by atoms with Crippen LogP contribution in [0, 0.1) is 0 Å². The molecule has 2 aromatic rings. The molecule has 0 saturated carbocycles. The van der Waals surface area contributed by atoms with E-state index in [1.165, 1.54) is 11.1 Å². The molecule has 3 rings (SSSR count).